The van der Waals surface area contributed by atoms with Crippen LogP contribution in [-0.4, -0.2) is 0 Å². The van der Waals surface area contributed by atoms with Crippen molar-refractivity contribution < 1.29 is 0 Å². The normalized spacial score (nSPS) is 12.0. The molecule has 1 aliphatic heterocycles. The molecule has 28 valence electrons. The third-order valence-electron chi connectivity index (χ3n) is 0.329. The molecule has 0 aliphatic carbocycles. The predicted octanol–water partition coefficient (Wildman–Crippen LogP) is 0.160. The number of hydrogen-bond donors (Lipinski definition) is 1. The SMILES string of the molecule is C1#CSC#CN1. The van der Waals surface area contributed by atoms with Gasteiger partial charge in [0, 0.05) is 34.4 Å². The monoisotopic (exact) mass is 95.0 g/mol. The van der Waals surface area contributed by atoms with Crippen molar-refractivity contribution >= 4 is 11.8 Å². The number of thioether (sulfide) groups is 1. The smallest absolute Gasteiger partial charge is 0.0304 e. The maximum Gasteiger partial charge on any atom is 0.0304 e. The molecule has 1 aliphatic rings. The van der Waals surface area contributed by atoms with Gasteiger partial charge in [0.05, 0.1) is 0 Å². The Balaban J connectivity index is 2.57. The molecule has 0 radical (unpaired) electrons. The summed E-state index contributed by atoms with van der Waals surface area (Å²) in [5.41, 5.74) is 0. The lowest BCUT2D eigenvalue weighted by Crippen LogP contribution is -1.93. The van der Waals surface area contributed by atoms with Crippen molar-refractivity contribution in [3.8, 4) is 22.6 Å². The molecule has 1 heterocycles. The number of hydrogen-bond acceptors (Lipinski definition) is 2. The van der Waals surface area contributed by atoms with Gasteiger partial charge in [-0.05, 0) is 0 Å². The molecule has 0 amide bonds. The van der Waals surface area contributed by atoms with Gasteiger partial charge in [-0.3, -0.25) is 5.32 Å². The Kier molecular flexibility index (Phi) is 0.948. The molecule has 1 N–H and O–H groups in total. The lowest BCUT2D eigenvalue weighted by atomic mass is 11.0. The van der Waals surface area contributed by atoms with Gasteiger partial charge in [0.15, 0.2) is 0 Å². The van der Waals surface area contributed by atoms with Crippen LogP contribution in [0, 0.1) is 22.6 Å². The van der Waals surface area contributed by atoms with Crippen molar-refractivity contribution in [3.05, 3.63) is 0 Å². The van der Waals surface area contributed by atoms with E-state index in [4.69, 9.17) is 0 Å². The minimum atomic E-state index is 1.31. The molecule has 0 unspecified atom stereocenters. The van der Waals surface area contributed by atoms with Gasteiger partial charge in [0.1, 0.15) is 0 Å². The fourth-order valence-corrected chi connectivity index (χ4v) is 0.414. The van der Waals surface area contributed by atoms with E-state index in [0.29, 0.717) is 0 Å². The van der Waals surface area contributed by atoms with Gasteiger partial charge in [0.2, 0.25) is 0 Å². The Labute approximate surface area is 40.5 Å². The Hall–Kier alpha value is -0.730. The summed E-state index contributed by atoms with van der Waals surface area (Å²) in [6.45, 7) is 0. The zero-order valence-corrected chi connectivity index (χ0v) is 3.72. The van der Waals surface area contributed by atoms with E-state index in [9.17, 15) is 0 Å². The first-order chi connectivity index (χ1) is 3.00. The van der Waals surface area contributed by atoms with E-state index in [-0.39, 0.29) is 0 Å². The first-order valence-corrected chi connectivity index (χ1v) is 2.22. The fraction of sp³-hybridized carbons (Fsp3) is 0. The summed E-state index contributed by atoms with van der Waals surface area (Å²) in [5, 5.41) is 7.88. The zero-order chi connectivity index (χ0) is 4.24. The molecule has 0 aromatic carbocycles. The molecule has 0 bridgehead atoms. The molecule has 6 heavy (non-hydrogen) atoms. The second-order valence-electron chi connectivity index (χ2n) is 0.681. The standard InChI is InChI=1S/C4HNS/c1-3-6-4-2-5-1/h5H. The lowest BCUT2D eigenvalue weighted by molar-refractivity contribution is 1.34. The number of rotatable bonds is 0. The first-order valence-electron chi connectivity index (χ1n) is 1.41. The zero-order valence-electron chi connectivity index (χ0n) is 2.91. The highest BCUT2D eigenvalue weighted by molar-refractivity contribution is 8.08. The Morgan fingerprint density at radius 2 is 1.83 bits per heavy atom. The highest BCUT2D eigenvalue weighted by Gasteiger charge is 1.70. The molecular weight excluding hydrogens is 94.1 g/mol. The minimum Gasteiger partial charge on any atom is -0.272 e. The van der Waals surface area contributed by atoms with Crippen molar-refractivity contribution in [2.24, 2.45) is 0 Å². The Morgan fingerprint density at radius 3 is 2.00 bits per heavy atom. The summed E-state index contributed by atoms with van der Waals surface area (Å²) >= 11 is 1.31. The molecule has 0 aromatic rings. The molecule has 0 saturated carbocycles. The van der Waals surface area contributed by atoms with Crippen molar-refractivity contribution in [2.45, 2.75) is 0 Å². The fourth-order valence-electron chi connectivity index (χ4n) is 0.159. The van der Waals surface area contributed by atoms with Crippen LogP contribution in [0.1, 0.15) is 0 Å². The van der Waals surface area contributed by atoms with Gasteiger partial charge >= 0.3 is 0 Å². The summed E-state index contributed by atoms with van der Waals surface area (Å²) in [5.74, 6) is 0. The van der Waals surface area contributed by atoms with Gasteiger partial charge in [-0.2, -0.15) is 0 Å². The van der Waals surface area contributed by atoms with E-state index in [1.54, 1.807) is 0 Å². The van der Waals surface area contributed by atoms with Crippen molar-refractivity contribution in [2.75, 3.05) is 0 Å². The maximum atomic E-state index is 2.67. The van der Waals surface area contributed by atoms with Crippen LogP contribution in [0.2, 0.25) is 0 Å². The second-order valence-corrected chi connectivity index (χ2v) is 1.29. The van der Waals surface area contributed by atoms with Crippen LogP contribution in [0.5, 0.6) is 0 Å². The van der Waals surface area contributed by atoms with Crippen molar-refractivity contribution in [1.82, 2.24) is 5.32 Å². The lowest BCUT2D eigenvalue weighted by Gasteiger charge is -1.78. The van der Waals surface area contributed by atoms with Crippen molar-refractivity contribution in [1.29, 1.82) is 0 Å². The summed E-state index contributed by atoms with van der Waals surface area (Å²) in [6.07, 6.45) is 0. The molecule has 0 aromatic heterocycles. The largest absolute Gasteiger partial charge is 0.272 e. The van der Waals surface area contributed by atoms with Crippen molar-refractivity contribution in [3.63, 3.8) is 0 Å². The molecule has 1 rings (SSSR count). The average Bonchev–Trinajstić information content (AvgIpc) is 1.72. The van der Waals surface area contributed by atoms with Gasteiger partial charge in [0.25, 0.3) is 0 Å². The van der Waals surface area contributed by atoms with Gasteiger partial charge in [-0.25, -0.2) is 0 Å². The van der Waals surface area contributed by atoms with Crippen LogP contribution in [0.3, 0.4) is 0 Å². The van der Waals surface area contributed by atoms with Crippen LogP contribution < -0.4 is 5.32 Å². The third kappa shape index (κ3) is 0.607. The van der Waals surface area contributed by atoms with Crippen LogP contribution in [0.25, 0.3) is 0 Å². The molecule has 0 fully saturated rings. The second kappa shape index (κ2) is 1.64. The summed E-state index contributed by atoms with van der Waals surface area (Å²) in [4.78, 5) is 0. The maximum absolute atomic E-state index is 2.67. The van der Waals surface area contributed by atoms with E-state index < -0.39 is 0 Å². The molecule has 0 atom stereocenters. The quantitative estimate of drug-likeness (QED) is 0.430. The highest BCUT2D eigenvalue weighted by atomic mass is 32.2. The van der Waals surface area contributed by atoms with E-state index >= 15 is 0 Å². The Morgan fingerprint density at radius 1 is 1.17 bits per heavy atom. The van der Waals surface area contributed by atoms with Crippen LogP contribution >= 0.6 is 11.8 Å². The molecule has 2 heteroatoms. The molecule has 0 spiro atoms. The van der Waals surface area contributed by atoms with Crippen LogP contribution in [0.15, 0.2) is 0 Å². The molecule has 1 nitrogen and oxygen atoms in total. The average molecular weight is 95.1 g/mol. The highest BCUT2D eigenvalue weighted by Crippen LogP contribution is 1.90. The van der Waals surface area contributed by atoms with Gasteiger partial charge in [-0.1, -0.05) is 0 Å². The number of nitrogens with one attached hydrogen (secondary N) is 1. The summed E-state index contributed by atoms with van der Waals surface area (Å²) < 4.78 is 0. The van der Waals surface area contributed by atoms with Crippen LogP contribution in [-0.2, 0) is 0 Å². The topological polar surface area (TPSA) is 12.0 Å². The Bertz CT molecular complexity index is 120. The predicted molar refractivity (Wildman–Crippen MR) is 26.3 cm³/mol. The summed E-state index contributed by atoms with van der Waals surface area (Å²) in [6, 6.07) is 5.15. The van der Waals surface area contributed by atoms with E-state index in [2.05, 4.69) is 27.9 Å². The third-order valence-corrected chi connectivity index (χ3v) is 0.737. The molecule has 0 saturated heterocycles. The van der Waals surface area contributed by atoms with E-state index in [0.717, 1.165) is 0 Å². The minimum absolute atomic E-state index is 1.31. The van der Waals surface area contributed by atoms with E-state index in [1.165, 1.54) is 11.8 Å². The summed E-state index contributed by atoms with van der Waals surface area (Å²) in [7, 11) is 0. The van der Waals surface area contributed by atoms with Gasteiger partial charge < -0.3 is 0 Å². The van der Waals surface area contributed by atoms with E-state index in [1.807, 2.05) is 0 Å². The van der Waals surface area contributed by atoms with Gasteiger partial charge in [-0.15, -0.1) is 0 Å². The molecular formula is C4HNS. The van der Waals surface area contributed by atoms with Crippen LogP contribution in [0.4, 0.5) is 0 Å². The first kappa shape index (κ1) is 3.46.